The minimum Gasteiger partial charge on any atom is -0.508 e. The van der Waals surface area contributed by atoms with Crippen molar-refractivity contribution in [1.82, 2.24) is 0 Å². The van der Waals surface area contributed by atoms with E-state index in [9.17, 15) is 19.5 Å². The van der Waals surface area contributed by atoms with E-state index in [1.54, 1.807) is 58.0 Å². The number of aromatic hydroxyl groups is 1. The number of aromatic carboxylic acids is 1. The Morgan fingerprint density at radius 3 is 1.40 bits per heavy atom. The molecule has 258 valence electrons. The lowest BCUT2D eigenvalue weighted by molar-refractivity contribution is 0.0515. The van der Waals surface area contributed by atoms with Crippen LogP contribution in [0.4, 0.5) is 0 Å². The largest absolute Gasteiger partial charge is 0.508 e. The lowest BCUT2D eigenvalue weighted by Crippen LogP contribution is -2.08. The minimum absolute atomic E-state index is 0.116. The van der Waals surface area contributed by atoms with Crippen molar-refractivity contribution in [2.75, 3.05) is 26.4 Å². The van der Waals surface area contributed by atoms with Crippen molar-refractivity contribution in [2.45, 2.75) is 87.0 Å². The van der Waals surface area contributed by atoms with Crippen LogP contribution in [-0.2, 0) is 9.47 Å². The van der Waals surface area contributed by atoms with Crippen molar-refractivity contribution in [3.8, 4) is 17.2 Å². The van der Waals surface area contributed by atoms with Crippen LogP contribution < -0.4 is 9.47 Å². The molecule has 0 aliphatic carbocycles. The maximum absolute atomic E-state index is 11.7. The summed E-state index contributed by atoms with van der Waals surface area (Å²) < 4.78 is 21.1. The molecular weight excluding hydrogens is 600 g/mol. The van der Waals surface area contributed by atoms with E-state index in [1.807, 2.05) is 25.1 Å². The SMILES string of the molecule is CCCCCOc1cccc(C(=O)O)c1C.CCCCCOc1cccc(C(=O)OCC)c1C.CCOC(=O)c1cccc(O)c1C. The molecule has 0 unspecified atom stereocenters. The fourth-order valence-corrected chi connectivity index (χ4v) is 4.33. The number of hydrogen-bond donors (Lipinski definition) is 2. The van der Waals surface area contributed by atoms with Gasteiger partial charge in [0, 0.05) is 16.7 Å². The van der Waals surface area contributed by atoms with E-state index in [-0.39, 0.29) is 11.7 Å². The van der Waals surface area contributed by atoms with Gasteiger partial charge in [0.25, 0.3) is 0 Å². The van der Waals surface area contributed by atoms with Crippen molar-refractivity contribution in [1.29, 1.82) is 0 Å². The summed E-state index contributed by atoms with van der Waals surface area (Å²) in [6.07, 6.45) is 6.67. The maximum atomic E-state index is 11.7. The molecule has 0 aliphatic heterocycles. The zero-order valence-electron chi connectivity index (χ0n) is 29.0. The van der Waals surface area contributed by atoms with Gasteiger partial charge in [-0.15, -0.1) is 0 Å². The standard InChI is InChI=1S/C15H22O3.C13H18O3.C10H12O3/c1-4-6-7-11-18-14-10-8-9-13(12(14)3)15(16)17-5-2;1-3-4-5-9-16-12-8-6-7-11(10(12)2)13(14)15;1-3-13-10(12)8-5-4-6-9(11)7(8)2/h8-10H,4-7,11H2,1-3H3;6-8H,3-5,9H2,1-2H3,(H,14,15);4-6,11H,3H2,1-2H3. The number of esters is 2. The molecule has 0 spiro atoms. The lowest BCUT2D eigenvalue weighted by atomic mass is 10.1. The van der Waals surface area contributed by atoms with Gasteiger partial charge in [-0.05, 0) is 83.9 Å². The Kier molecular flexibility index (Phi) is 19.7. The van der Waals surface area contributed by atoms with Gasteiger partial charge in [0.15, 0.2) is 0 Å². The van der Waals surface area contributed by atoms with Crippen LogP contribution in [0.1, 0.15) is 114 Å². The van der Waals surface area contributed by atoms with Gasteiger partial charge in [0.1, 0.15) is 17.2 Å². The summed E-state index contributed by atoms with van der Waals surface area (Å²) in [6, 6.07) is 15.4. The molecule has 0 heterocycles. The van der Waals surface area contributed by atoms with Crippen molar-refractivity contribution in [3.05, 3.63) is 88.0 Å². The summed E-state index contributed by atoms with van der Waals surface area (Å²) >= 11 is 0. The number of ether oxygens (including phenoxy) is 4. The molecule has 9 heteroatoms. The second kappa shape index (κ2) is 22.9. The Hall–Kier alpha value is -4.53. The molecule has 2 N–H and O–H groups in total. The fourth-order valence-electron chi connectivity index (χ4n) is 4.33. The Balaban J connectivity index is 0.000000357. The average molecular weight is 653 g/mol. The van der Waals surface area contributed by atoms with Crippen LogP contribution in [0.25, 0.3) is 0 Å². The topological polar surface area (TPSA) is 129 Å². The van der Waals surface area contributed by atoms with Crippen molar-refractivity contribution >= 4 is 17.9 Å². The fraction of sp³-hybridized carbons (Fsp3) is 0.447. The average Bonchev–Trinajstić information content (AvgIpc) is 3.05. The Morgan fingerprint density at radius 2 is 0.979 bits per heavy atom. The van der Waals surface area contributed by atoms with Crippen molar-refractivity contribution < 1.29 is 43.5 Å². The van der Waals surface area contributed by atoms with Crippen molar-refractivity contribution in [2.24, 2.45) is 0 Å². The quantitative estimate of drug-likeness (QED) is 0.122. The summed E-state index contributed by atoms with van der Waals surface area (Å²) in [5.41, 5.74) is 3.43. The number of carboxylic acids is 1. The van der Waals surface area contributed by atoms with Gasteiger partial charge in [-0.25, -0.2) is 14.4 Å². The molecule has 3 aromatic rings. The van der Waals surface area contributed by atoms with Gasteiger partial charge in [-0.3, -0.25) is 0 Å². The monoisotopic (exact) mass is 652 g/mol. The minimum atomic E-state index is -0.906. The number of rotatable bonds is 15. The molecular formula is C38H52O9. The Bertz CT molecular complexity index is 1400. The number of phenols is 1. The Morgan fingerprint density at radius 1 is 0.574 bits per heavy atom. The molecule has 0 bridgehead atoms. The highest BCUT2D eigenvalue weighted by Crippen LogP contribution is 2.23. The first-order valence-corrected chi connectivity index (χ1v) is 16.3. The molecule has 0 fully saturated rings. The van der Waals surface area contributed by atoms with E-state index in [0.717, 1.165) is 43.4 Å². The number of unbranched alkanes of at least 4 members (excludes halogenated alkanes) is 4. The number of carbonyl (C=O) groups is 3. The van der Waals surface area contributed by atoms with Crippen LogP contribution in [0.5, 0.6) is 17.2 Å². The van der Waals surface area contributed by atoms with E-state index in [4.69, 9.17) is 24.1 Å². The third kappa shape index (κ3) is 14.2. The van der Waals surface area contributed by atoms with Gasteiger partial charge in [0.05, 0.1) is 43.1 Å². The summed E-state index contributed by atoms with van der Waals surface area (Å²) in [5.74, 6) is -0.0142. The normalized spacial score (nSPS) is 10.0. The highest BCUT2D eigenvalue weighted by atomic mass is 16.5. The molecule has 0 radical (unpaired) electrons. The molecule has 0 saturated carbocycles. The van der Waals surface area contributed by atoms with E-state index >= 15 is 0 Å². The van der Waals surface area contributed by atoms with E-state index in [0.29, 0.717) is 60.0 Å². The van der Waals surface area contributed by atoms with E-state index in [1.165, 1.54) is 12.5 Å². The van der Waals surface area contributed by atoms with Crippen LogP contribution >= 0.6 is 0 Å². The predicted octanol–water partition coefficient (Wildman–Crippen LogP) is 8.88. The smallest absolute Gasteiger partial charge is 0.338 e. The zero-order valence-corrected chi connectivity index (χ0v) is 29.0. The van der Waals surface area contributed by atoms with Gasteiger partial charge >= 0.3 is 17.9 Å². The van der Waals surface area contributed by atoms with Crippen LogP contribution in [-0.4, -0.2) is 54.5 Å². The van der Waals surface area contributed by atoms with Crippen molar-refractivity contribution in [3.63, 3.8) is 0 Å². The number of carbonyl (C=O) groups excluding carboxylic acids is 2. The third-order valence-electron chi connectivity index (χ3n) is 7.11. The van der Waals surface area contributed by atoms with Crippen LogP contribution in [0.3, 0.4) is 0 Å². The first kappa shape index (κ1) is 40.5. The number of benzene rings is 3. The van der Waals surface area contributed by atoms with Gasteiger partial charge in [0.2, 0.25) is 0 Å². The highest BCUT2D eigenvalue weighted by Gasteiger charge is 2.14. The van der Waals surface area contributed by atoms with Gasteiger partial charge in [-0.1, -0.05) is 57.7 Å². The second-order valence-corrected chi connectivity index (χ2v) is 10.7. The number of hydrogen-bond acceptors (Lipinski definition) is 8. The highest BCUT2D eigenvalue weighted by molar-refractivity contribution is 5.92. The first-order valence-electron chi connectivity index (χ1n) is 16.3. The van der Waals surface area contributed by atoms with Crippen LogP contribution in [0, 0.1) is 20.8 Å². The molecule has 0 amide bonds. The lowest BCUT2D eigenvalue weighted by Gasteiger charge is -2.11. The number of phenolic OH excluding ortho intramolecular Hbond substituents is 1. The molecule has 0 aromatic heterocycles. The molecule has 9 nitrogen and oxygen atoms in total. The summed E-state index contributed by atoms with van der Waals surface area (Å²) in [5, 5.41) is 18.3. The summed E-state index contributed by atoms with van der Waals surface area (Å²) in [4.78, 5) is 33.9. The van der Waals surface area contributed by atoms with Crippen LogP contribution in [0.2, 0.25) is 0 Å². The molecule has 0 aliphatic rings. The third-order valence-corrected chi connectivity index (χ3v) is 7.11. The molecule has 3 aromatic carbocycles. The molecule has 47 heavy (non-hydrogen) atoms. The summed E-state index contributed by atoms with van der Waals surface area (Å²) in [7, 11) is 0. The van der Waals surface area contributed by atoms with E-state index < -0.39 is 11.9 Å². The zero-order chi connectivity index (χ0) is 35.2. The second-order valence-electron chi connectivity index (χ2n) is 10.7. The molecule has 0 atom stereocenters. The summed E-state index contributed by atoms with van der Waals surface area (Å²) in [6.45, 7) is 15.3. The predicted molar refractivity (Wildman–Crippen MR) is 184 cm³/mol. The van der Waals surface area contributed by atoms with Crippen LogP contribution in [0.15, 0.2) is 54.6 Å². The van der Waals surface area contributed by atoms with Gasteiger partial charge in [-0.2, -0.15) is 0 Å². The van der Waals surface area contributed by atoms with E-state index in [2.05, 4.69) is 13.8 Å². The number of carboxylic acid groups (broad SMARTS) is 1. The first-order chi connectivity index (χ1) is 22.5. The molecule has 0 saturated heterocycles. The Labute approximate surface area is 279 Å². The van der Waals surface area contributed by atoms with Gasteiger partial charge < -0.3 is 29.2 Å². The maximum Gasteiger partial charge on any atom is 0.338 e. The molecule has 3 rings (SSSR count).